The van der Waals surface area contributed by atoms with Crippen molar-refractivity contribution in [3.63, 3.8) is 0 Å². The van der Waals surface area contributed by atoms with Gasteiger partial charge >= 0.3 is 0 Å². The Hall–Kier alpha value is -1.19. The number of ketones is 1. The van der Waals surface area contributed by atoms with Gasteiger partial charge in [-0.15, -0.1) is 0 Å². The van der Waals surface area contributed by atoms with E-state index in [1.165, 1.54) is 18.4 Å². The highest BCUT2D eigenvalue weighted by Gasteiger charge is 2.24. The summed E-state index contributed by atoms with van der Waals surface area (Å²) in [6, 6.07) is 10.6. The van der Waals surface area contributed by atoms with Crippen molar-refractivity contribution in [2.45, 2.75) is 57.1 Å². The van der Waals surface area contributed by atoms with Crippen LogP contribution in [0.2, 0.25) is 0 Å². The summed E-state index contributed by atoms with van der Waals surface area (Å²) < 4.78 is 5.96. The first kappa shape index (κ1) is 16.2. The smallest absolute Gasteiger partial charge is 0.151 e. The van der Waals surface area contributed by atoms with Crippen LogP contribution in [0.25, 0.3) is 0 Å². The zero-order valence-electron chi connectivity index (χ0n) is 13.2. The van der Waals surface area contributed by atoms with Crippen LogP contribution in [0.15, 0.2) is 30.3 Å². The molecule has 3 nitrogen and oxygen atoms in total. The number of hydrogen-bond acceptors (Lipinski definition) is 3. The standard InChI is InChI=1S/C18H27NO2/c1-3-18(20)17(19-2)13-21-16-11-9-15(10-12-16)14-7-5-4-6-8-14/h4-8,15-17,19H,3,9-13H2,1-2H3. The fourth-order valence-corrected chi connectivity index (χ4v) is 3.10. The molecule has 0 amide bonds. The monoisotopic (exact) mass is 289 g/mol. The van der Waals surface area contributed by atoms with Crippen molar-refractivity contribution in [1.82, 2.24) is 5.32 Å². The molecule has 1 unspecified atom stereocenters. The Bertz CT molecular complexity index is 424. The van der Waals surface area contributed by atoms with Gasteiger partial charge in [-0.25, -0.2) is 0 Å². The third kappa shape index (κ3) is 4.65. The molecule has 1 aromatic carbocycles. The Morgan fingerprint density at radius 2 is 1.90 bits per heavy atom. The van der Waals surface area contributed by atoms with Gasteiger partial charge in [-0.1, -0.05) is 37.3 Å². The summed E-state index contributed by atoms with van der Waals surface area (Å²) in [6.07, 6.45) is 5.43. The summed E-state index contributed by atoms with van der Waals surface area (Å²) in [5, 5.41) is 3.05. The Labute approximate surface area is 128 Å². The number of hydrogen-bond donors (Lipinski definition) is 1. The van der Waals surface area contributed by atoms with Crippen LogP contribution < -0.4 is 5.32 Å². The Morgan fingerprint density at radius 1 is 1.24 bits per heavy atom. The average Bonchev–Trinajstić information content (AvgIpc) is 2.56. The fraction of sp³-hybridized carbons (Fsp3) is 0.611. The zero-order chi connectivity index (χ0) is 15.1. The first-order valence-electron chi connectivity index (χ1n) is 8.11. The highest BCUT2D eigenvalue weighted by atomic mass is 16.5. The van der Waals surface area contributed by atoms with Gasteiger partial charge < -0.3 is 10.1 Å². The van der Waals surface area contributed by atoms with Gasteiger partial charge in [0.2, 0.25) is 0 Å². The molecule has 1 saturated carbocycles. The molecule has 116 valence electrons. The van der Waals surface area contributed by atoms with E-state index in [-0.39, 0.29) is 11.8 Å². The maximum atomic E-state index is 11.7. The minimum atomic E-state index is -0.151. The van der Waals surface area contributed by atoms with Crippen molar-refractivity contribution in [1.29, 1.82) is 0 Å². The van der Waals surface area contributed by atoms with E-state index >= 15 is 0 Å². The second-order valence-electron chi connectivity index (χ2n) is 5.88. The Kier molecular flexibility index (Phi) is 6.40. The van der Waals surface area contributed by atoms with Crippen LogP contribution in [0.3, 0.4) is 0 Å². The summed E-state index contributed by atoms with van der Waals surface area (Å²) in [5.74, 6) is 0.902. The summed E-state index contributed by atoms with van der Waals surface area (Å²) in [5.41, 5.74) is 1.45. The molecule has 0 spiro atoms. The molecule has 0 bridgehead atoms. The van der Waals surface area contributed by atoms with Crippen LogP contribution in [0.4, 0.5) is 0 Å². The van der Waals surface area contributed by atoms with Gasteiger partial charge in [0.25, 0.3) is 0 Å². The van der Waals surface area contributed by atoms with Crippen molar-refractivity contribution >= 4 is 5.78 Å². The molecular weight excluding hydrogens is 262 g/mol. The van der Waals surface area contributed by atoms with Crippen molar-refractivity contribution in [3.8, 4) is 0 Å². The van der Waals surface area contributed by atoms with E-state index in [0.717, 1.165) is 12.8 Å². The molecule has 0 radical (unpaired) electrons. The van der Waals surface area contributed by atoms with Crippen LogP contribution in [0, 0.1) is 0 Å². The molecule has 1 aliphatic rings. The summed E-state index contributed by atoms with van der Waals surface area (Å²) in [4.78, 5) is 11.7. The normalized spacial score (nSPS) is 23.7. The first-order valence-corrected chi connectivity index (χ1v) is 8.11. The lowest BCUT2D eigenvalue weighted by Crippen LogP contribution is -2.39. The number of carbonyl (C=O) groups excluding carboxylic acids is 1. The van der Waals surface area contributed by atoms with Gasteiger partial charge in [-0.2, -0.15) is 0 Å². The number of nitrogens with one attached hydrogen (secondary N) is 1. The molecule has 1 fully saturated rings. The van der Waals surface area contributed by atoms with Crippen LogP contribution >= 0.6 is 0 Å². The lowest BCUT2D eigenvalue weighted by Gasteiger charge is -2.29. The fourth-order valence-electron chi connectivity index (χ4n) is 3.10. The Morgan fingerprint density at radius 3 is 2.48 bits per heavy atom. The molecule has 0 aromatic heterocycles. The van der Waals surface area contributed by atoms with Gasteiger partial charge in [-0.05, 0) is 44.2 Å². The van der Waals surface area contributed by atoms with E-state index in [9.17, 15) is 4.79 Å². The van der Waals surface area contributed by atoms with Crippen molar-refractivity contribution in [2.24, 2.45) is 0 Å². The van der Waals surface area contributed by atoms with E-state index in [2.05, 4.69) is 35.6 Å². The second-order valence-corrected chi connectivity index (χ2v) is 5.88. The largest absolute Gasteiger partial charge is 0.376 e. The zero-order valence-corrected chi connectivity index (χ0v) is 13.2. The quantitative estimate of drug-likeness (QED) is 0.837. The van der Waals surface area contributed by atoms with E-state index in [1.807, 2.05) is 14.0 Å². The minimum Gasteiger partial charge on any atom is -0.376 e. The number of likely N-dealkylation sites (N-methyl/N-ethyl adjacent to an activating group) is 1. The maximum absolute atomic E-state index is 11.7. The maximum Gasteiger partial charge on any atom is 0.151 e. The van der Waals surface area contributed by atoms with Gasteiger partial charge in [-0.3, -0.25) is 4.79 Å². The number of ether oxygens (including phenoxy) is 1. The molecule has 3 heteroatoms. The van der Waals surface area contributed by atoms with Crippen LogP contribution in [0.1, 0.15) is 50.5 Å². The number of Topliss-reactive ketones (excluding diaryl/α,β-unsaturated/α-hetero) is 1. The SMILES string of the molecule is CCC(=O)C(COC1CCC(c2ccccc2)CC1)NC. The summed E-state index contributed by atoms with van der Waals surface area (Å²) in [7, 11) is 1.83. The molecular formula is C18H27NO2. The van der Waals surface area contributed by atoms with Crippen LogP contribution in [0.5, 0.6) is 0 Å². The molecule has 1 aliphatic carbocycles. The van der Waals surface area contributed by atoms with E-state index in [0.29, 0.717) is 25.0 Å². The number of benzene rings is 1. The van der Waals surface area contributed by atoms with Gasteiger partial charge in [0, 0.05) is 6.42 Å². The highest BCUT2D eigenvalue weighted by Crippen LogP contribution is 2.33. The molecule has 1 atom stereocenters. The third-order valence-electron chi connectivity index (χ3n) is 4.53. The molecule has 1 aromatic rings. The number of rotatable bonds is 7. The molecule has 1 N–H and O–H groups in total. The van der Waals surface area contributed by atoms with Crippen LogP contribution in [-0.4, -0.2) is 31.6 Å². The van der Waals surface area contributed by atoms with E-state index < -0.39 is 0 Å². The summed E-state index contributed by atoms with van der Waals surface area (Å²) in [6.45, 7) is 2.40. The average molecular weight is 289 g/mol. The lowest BCUT2D eigenvalue weighted by molar-refractivity contribution is -0.123. The molecule has 0 heterocycles. The molecule has 0 saturated heterocycles. The van der Waals surface area contributed by atoms with E-state index in [4.69, 9.17) is 4.74 Å². The predicted molar refractivity (Wildman–Crippen MR) is 85.5 cm³/mol. The molecule has 0 aliphatic heterocycles. The number of carbonyl (C=O) groups is 1. The predicted octanol–water partition coefficient (Wildman–Crippen LogP) is 3.30. The molecule has 2 rings (SSSR count). The molecule has 21 heavy (non-hydrogen) atoms. The lowest BCUT2D eigenvalue weighted by atomic mass is 9.83. The van der Waals surface area contributed by atoms with E-state index in [1.54, 1.807) is 0 Å². The van der Waals surface area contributed by atoms with Crippen molar-refractivity contribution in [3.05, 3.63) is 35.9 Å². The second kappa shape index (κ2) is 8.30. The highest BCUT2D eigenvalue weighted by molar-refractivity contribution is 5.83. The van der Waals surface area contributed by atoms with Crippen molar-refractivity contribution in [2.75, 3.05) is 13.7 Å². The van der Waals surface area contributed by atoms with Gasteiger partial charge in [0.1, 0.15) is 0 Å². The Balaban J connectivity index is 1.75. The first-order chi connectivity index (χ1) is 10.2. The topological polar surface area (TPSA) is 38.3 Å². The van der Waals surface area contributed by atoms with Gasteiger partial charge in [0.05, 0.1) is 18.8 Å². The van der Waals surface area contributed by atoms with Crippen LogP contribution in [-0.2, 0) is 9.53 Å². The third-order valence-corrected chi connectivity index (χ3v) is 4.53. The van der Waals surface area contributed by atoms with Crippen molar-refractivity contribution < 1.29 is 9.53 Å². The van der Waals surface area contributed by atoms with Gasteiger partial charge in [0.15, 0.2) is 5.78 Å². The summed E-state index contributed by atoms with van der Waals surface area (Å²) >= 11 is 0. The minimum absolute atomic E-state index is 0.151.